The van der Waals surface area contributed by atoms with Gasteiger partial charge in [-0.2, -0.15) is 3.51 Å². The smallest absolute Gasteiger partial charge is 0.245 e. The quantitative estimate of drug-likeness (QED) is 0.629. The summed E-state index contributed by atoms with van der Waals surface area (Å²) in [5.41, 5.74) is 8.93. The summed E-state index contributed by atoms with van der Waals surface area (Å²) in [5.74, 6) is 0. The molecule has 3 heterocycles. The van der Waals surface area contributed by atoms with Gasteiger partial charge in [0.05, 0.1) is 11.3 Å². The van der Waals surface area contributed by atoms with Gasteiger partial charge in [-0.1, -0.05) is 12.1 Å². The molecule has 1 aromatic carbocycles. The highest BCUT2D eigenvalue weighted by Gasteiger charge is 2.45. The Morgan fingerprint density at radius 1 is 1.15 bits per heavy atom. The van der Waals surface area contributed by atoms with Crippen molar-refractivity contribution in [2.24, 2.45) is 4.99 Å². The first-order valence-corrected chi connectivity index (χ1v) is 10.1. The van der Waals surface area contributed by atoms with E-state index in [1.54, 1.807) is 0 Å². The van der Waals surface area contributed by atoms with Gasteiger partial charge in [0, 0.05) is 49.6 Å². The molecule has 1 saturated heterocycles. The molecule has 3 aliphatic heterocycles. The van der Waals surface area contributed by atoms with Gasteiger partial charge < -0.3 is 9.80 Å². The van der Waals surface area contributed by atoms with Crippen LogP contribution in [0.4, 0.5) is 17.1 Å². The van der Waals surface area contributed by atoms with Crippen LogP contribution in [0.15, 0.2) is 52.3 Å². The summed E-state index contributed by atoms with van der Waals surface area (Å²) in [4.78, 5) is 9.91. The fourth-order valence-corrected chi connectivity index (χ4v) is 5.55. The average Bonchev–Trinajstić information content (AvgIpc) is 2.92. The standard InChI is InChI=1S/C21H24BrN4/c1-15-6-7-18(25-11-9-24(2)10-12-25)19-20(15)26(22)13-8-16-4-3-5-17(14-23-19)21(16)26/h5-8,13-14H,3-4,9-12H2,1-2H3/q+1. The van der Waals surface area contributed by atoms with Crippen molar-refractivity contribution >= 4 is 39.4 Å². The van der Waals surface area contributed by atoms with E-state index in [2.05, 4.69) is 76.6 Å². The predicted molar refractivity (Wildman–Crippen MR) is 113 cm³/mol. The Balaban J connectivity index is 1.71. The van der Waals surface area contributed by atoms with E-state index in [9.17, 15) is 0 Å². The number of aliphatic imine (C=N–C) groups is 1. The largest absolute Gasteiger partial charge is 0.367 e. The van der Waals surface area contributed by atoms with Crippen molar-refractivity contribution in [3.05, 3.63) is 52.9 Å². The summed E-state index contributed by atoms with van der Waals surface area (Å²) in [6, 6.07) is 4.52. The SMILES string of the molecule is Cc1ccc(N2CCN(C)CC2)c2c1[N+]1(Br)C=CC3=C1C(=CCC3)C=N2. The third-order valence-electron chi connectivity index (χ3n) is 6.00. The Bertz CT molecular complexity index is 903. The number of allylic oxidation sites excluding steroid dienone is 4. The Labute approximate surface area is 163 Å². The number of hydrogen-bond donors (Lipinski definition) is 0. The maximum absolute atomic E-state index is 5.03. The molecule has 134 valence electrons. The van der Waals surface area contributed by atoms with Crippen LogP contribution in [0.1, 0.15) is 18.4 Å². The van der Waals surface area contributed by atoms with Crippen molar-refractivity contribution in [1.29, 1.82) is 0 Å². The first kappa shape index (κ1) is 16.5. The van der Waals surface area contributed by atoms with Gasteiger partial charge in [0.2, 0.25) is 16.1 Å². The fourth-order valence-electron chi connectivity index (χ4n) is 4.55. The molecule has 0 saturated carbocycles. The highest BCUT2D eigenvalue weighted by molar-refractivity contribution is 9.08. The maximum Gasteiger partial charge on any atom is 0.245 e. The zero-order valence-electron chi connectivity index (χ0n) is 15.4. The minimum atomic E-state index is 0.566. The number of benzene rings is 1. The topological polar surface area (TPSA) is 18.8 Å². The summed E-state index contributed by atoms with van der Waals surface area (Å²) < 4.78 is 0.566. The van der Waals surface area contributed by atoms with Gasteiger partial charge >= 0.3 is 0 Å². The number of hydrogen-bond acceptors (Lipinski definition) is 3. The second-order valence-corrected chi connectivity index (χ2v) is 8.79. The van der Waals surface area contributed by atoms with Gasteiger partial charge in [0.15, 0.2) is 11.4 Å². The second kappa shape index (κ2) is 5.91. The van der Waals surface area contributed by atoms with E-state index < -0.39 is 0 Å². The lowest BCUT2D eigenvalue weighted by molar-refractivity contribution is 0.313. The van der Waals surface area contributed by atoms with Crippen LogP contribution >= 0.6 is 16.1 Å². The summed E-state index contributed by atoms with van der Waals surface area (Å²) in [6.45, 7) is 6.50. The van der Waals surface area contributed by atoms with Crippen LogP contribution in [-0.2, 0) is 0 Å². The van der Waals surface area contributed by atoms with Crippen molar-refractivity contribution in [3.8, 4) is 0 Å². The maximum atomic E-state index is 5.03. The van der Waals surface area contributed by atoms with Crippen LogP contribution in [-0.4, -0.2) is 44.3 Å². The number of anilines is 1. The fraction of sp³-hybridized carbons (Fsp3) is 0.381. The Morgan fingerprint density at radius 3 is 2.77 bits per heavy atom. The number of nitrogens with zero attached hydrogens (tertiary/aromatic N) is 4. The molecule has 0 N–H and O–H groups in total. The highest BCUT2D eigenvalue weighted by Crippen LogP contribution is 2.55. The molecule has 1 aliphatic carbocycles. The Hall–Kier alpha value is -1.69. The van der Waals surface area contributed by atoms with Crippen LogP contribution in [0.3, 0.4) is 0 Å². The summed E-state index contributed by atoms with van der Waals surface area (Å²) in [5, 5.41) is 0. The minimum absolute atomic E-state index is 0.566. The number of quaternary nitrogens is 1. The number of rotatable bonds is 1. The van der Waals surface area contributed by atoms with Gasteiger partial charge in [-0.25, -0.2) is 4.99 Å². The van der Waals surface area contributed by atoms with Crippen LogP contribution in [0.5, 0.6) is 0 Å². The molecule has 1 fully saturated rings. The number of halogens is 1. The van der Waals surface area contributed by atoms with Gasteiger partial charge in [0.1, 0.15) is 11.9 Å². The molecule has 0 bridgehead atoms. The molecule has 26 heavy (non-hydrogen) atoms. The number of aryl methyl sites for hydroxylation is 1. The van der Waals surface area contributed by atoms with Crippen molar-refractivity contribution in [1.82, 2.24) is 8.41 Å². The summed E-state index contributed by atoms with van der Waals surface area (Å²) in [7, 11) is 2.20. The third-order valence-corrected chi connectivity index (χ3v) is 6.94. The van der Waals surface area contributed by atoms with E-state index in [-0.39, 0.29) is 0 Å². The van der Waals surface area contributed by atoms with Gasteiger partial charge in [-0.15, -0.1) is 0 Å². The molecular formula is C21H24BrN4+. The number of piperazine rings is 1. The Morgan fingerprint density at radius 2 is 1.96 bits per heavy atom. The predicted octanol–water partition coefficient (Wildman–Crippen LogP) is 4.58. The molecular weight excluding hydrogens is 388 g/mol. The van der Waals surface area contributed by atoms with E-state index in [1.165, 1.54) is 33.8 Å². The molecule has 5 rings (SSSR count). The van der Waals surface area contributed by atoms with E-state index in [4.69, 9.17) is 4.99 Å². The van der Waals surface area contributed by atoms with Crippen molar-refractivity contribution in [2.45, 2.75) is 19.8 Å². The summed E-state index contributed by atoms with van der Waals surface area (Å²) >= 11 is 4.09. The van der Waals surface area contributed by atoms with Crippen molar-refractivity contribution < 1.29 is 0 Å². The van der Waals surface area contributed by atoms with E-state index >= 15 is 0 Å². The molecule has 1 unspecified atom stereocenters. The molecule has 1 aromatic rings. The molecule has 5 heteroatoms. The van der Waals surface area contributed by atoms with Crippen molar-refractivity contribution in [3.63, 3.8) is 0 Å². The minimum Gasteiger partial charge on any atom is -0.367 e. The molecule has 0 amide bonds. The zero-order chi connectivity index (χ0) is 17.9. The molecule has 0 spiro atoms. The lowest BCUT2D eigenvalue weighted by Gasteiger charge is -2.35. The lowest BCUT2D eigenvalue weighted by Crippen LogP contribution is -2.44. The van der Waals surface area contributed by atoms with Gasteiger partial charge in [-0.05, 0) is 32.9 Å². The number of fused-ring (bicyclic) bond motifs is 2. The first-order valence-electron chi connectivity index (χ1n) is 9.41. The average molecular weight is 412 g/mol. The lowest BCUT2D eigenvalue weighted by atomic mass is 9.97. The summed E-state index contributed by atoms with van der Waals surface area (Å²) in [6.07, 6.45) is 11.2. The van der Waals surface area contributed by atoms with E-state index in [1.807, 2.05) is 0 Å². The molecule has 0 aromatic heterocycles. The monoisotopic (exact) mass is 411 g/mol. The van der Waals surface area contributed by atoms with Crippen molar-refractivity contribution in [2.75, 3.05) is 38.1 Å². The van der Waals surface area contributed by atoms with Crippen LogP contribution in [0, 0.1) is 6.92 Å². The number of likely N-dealkylation sites (N-methyl/N-ethyl adjacent to an activating group) is 1. The molecule has 1 atom stereocenters. The molecule has 0 radical (unpaired) electrons. The zero-order valence-corrected chi connectivity index (χ0v) is 17.0. The van der Waals surface area contributed by atoms with E-state index in [0.717, 1.165) is 44.7 Å². The van der Waals surface area contributed by atoms with Gasteiger partial charge in [-0.3, -0.25) is 0 Å². The highest BCUT2D eigenvalue weighted by atomic mass is 79.9. The molecule has 4 aliphatic rings. The molecule has 4 nitrogen and oxygen atoms in total. The van der Waals surface area contributed by atoms with Crippen LogP contribution in [0.2, 0.25) is 0 Å². The normalized spacial score (nSPS) is 27.3. The second-order valence-electron chi connectivity index (χ2n) is 7.67. The van der Waals surface area contributed by atoms with Crippen LogP contribution < -0.4 is 8.41 Å². The van der Waals surface area contributed by atoms with E-state index in [0.29, 0.717) is 3.51 Å². The first-order chi connectivity index (χ1) is 12.6. The Kier molecular flexibility index (Phi) is 3.75. The van der Waals surface area contributed by atoms with Crippen LogP contribution in [0.25, 0.3) is 0 Å². The third kappa shape index (κ3) is 2.30. The van der Waals surface area contributed by atoms with Gasteiger partial charge in [0.25, 0.3) is 0 Å².